The van der Waals surface area contributed by atoms with Gasteiger partial charge in [-0.3, -0.25) is 24.2 Å². The molecule has 168 valence electrons. The molecule has 0 spiro atoms. The number of piperidine rings is 1. The summed E-state index contributed by atoms with van der Waals surface area (Å²) in [5.41, 5.74) is 0.805. The van der Waals surface area contributed by atoms with Gasteiger partial charge in [0.2, 0.25) is 11.8 Å². The maximum Gasteiger partial charge on any atom is 0.416 e. The Hall–Kier alpha value is -3.76. The Bertz CT molecular complexity index is 1040. The van der Waals surface area contributed by atoms with Crippen LogP contribution in [0, 0.1) is 5.92 Å². The highest BCUT2D eigenvalue weighted by Gasteiger charge is 2.40. The minimum atomic E-state index is -4.43. The van der Waals surface area contributed by atoms with Crippen LogP contribution in [0.4, 0.5) is 13.2 Å². The third-order valence-electron chi connectivity index (χ3n) is 4.91. The second-order valence-electron chi connectivity index (χ2n) is 7.13. The van der Waals surface area contributed by atoms with Crippen molar-refractivity contribution in [2.75, 3.05) is 13.1 Å². The number of ketones is 1. The first-order chi connectivity index (χ1) is 15.1. The fourth-order valence-electron chi connectivity index (χ4n) is 3.24. The van der Waals surface area contributed by atoms with E-state index < -0.39 is 47.8 Å². The van der Waals surface area contributed by atoms with Crippen molar-refractivity contribution < 1.29 is 37.5 Å². The molecule has 2 heterocycles. The molecule has 1 atom stereocenters. The summed E-state index contributed by atoms with van der Waals surface area (Å²) in [6.45, 7) is -0.603. The third-order valence-corrected chi connectivity index (χ3v) is 4.91. The molecular formula is C21H18F3N3O5. The molecule has 1 saturated heterocycles. The van der Waals surface area contributed by atoms with E-state index in [0.717, 1.165) is 12.1 Å². The van der Waals surface area contributed by atoms with E-state index in [1.165, 1.54) is 23.2 Å². The topological polar surface area (TPSA) is 117 Å². The highest BCUT2D eigenvalue weighted by molar-refractivity contribution is 6.19. The molecule has 1 aromatic heterocycles. The van der Waals surface area contributed by atoms with Crippen molar-refractivity contribution in [1.29, 1.82) is 0 Å². The van der Waals surface area contributed by atoms with Crippen LogP contribution in [0.1, 0.15) is 17.7 Å². The van der Waals surface area contributed by atoms with E-state index in [1.807, 2.05) is 5.32 Å². The van der Waals surface area contributed by atoms with Crippen molar-refractivity contribution in [2.24, 2.45) is 5.92 Å². The molecule has 0 aliphatic carbocycles. The number of nitrogens with one attached hydrogen (secondary N) is 1. The lowest BCUT2D eigenvalue weighted by Gasteiger charge is -2.30. The number of halogens is 3. The van der Waals surface area contributed by atoms with Crippen molar-refractivity contribution in [3.05, 3.63) is 53.9 Å². The van der Waals surface area contributed by atoms with Crippen LogP contribution in [0.5, 0.6) is 0 Å². The lowest BCUT2D eigenvalue weighted by Crippen LogP contribution is -2.52. The number of hydrogen-bond acceptors (Lipinski definition) is 5. The van der Waals surface area contributed by atoms with Gasteiger partial charge in [0.25, 0.3) is 0 Å². The number of benzene rings is 1. The number of carbonyl (C=O) groups is 4. The van der Waals surface area contributed by atoms with E-state index in [0.29, 0.717) is 16.8 Å². The Morgan fingerprint density at radius 1 is 1.09 bits per heavy atom. The van der Waals surface area contributed by atoms with Crippen LogP contribution in [-0.2, 0) is 31.9 Å². The van der Waals surface area contributed by atoms with Crippen molar-refractivity contribution in [2.45, 2.75) is 19.1 Å². The smallest absolute Gasteiger partial charge is 0.416 e. The Balaban J connectivity index is 1.68. The van der Waals surface area contributed by atoms with Gasteiger partial charge < -0.3 is 15.3 Å². The third kappa shape index (κ3) is 5.29. The molecule has 1 aliphatic heterocycles. The first-order valence-electron chi connectivity index (χ1n) is 9.50. The first-order valence-corrected chi connectivity index (χ1v) is 9.50. The largest absolute Gasteiger partial charge is 0.480 e. The van der Waals surface area contributed by atoms with Crippen LogP contribution in [0.15, 0.2) is 42.6 Å². The number of aromatic nitrogens is 1. The summed E-state index contributed by atoms with van der Waals surface area (Å²) in [6.07, 6.45) is -3.03. The number of alkyl halides is 3. The molecule has 2 aromatic rings. The minimum absolute atomic E-state index is 0.0160. The van der Waals surface area contributed by atoms with Gasteiger partial charge in [-0.2, -0.15) is 13.2 Å². The normalized spacial score (nSPS) is 16.7. The highest BCUT2D eigenvalue weighted by atomic mass is 19.4. The summed E-state index contributed by atoms with van der Waals surface area (Å²) in [6, 6.07) is 7.85. The standard InChI is InChI=1S/C21H18F3N3O5/c22-21(23,24)14-4-1-12(2-5-14)13-3-6-15(25-9-13)11-27-8-7-16(28)18(20(27)32)19(31)26-10-17(29)30/h1-6,9,18H,7-8,10-11H2,(H,26,31)(H,29,30). The molecule has 1 unspecified atom stereocenters. The zero-order valence-corrected chi connectivity index (χ0v) is 16.6. The van der Waals surface area contributed by atoms with Crippen molar-refractivity contribution in [3.63, 3.8) is 0 Å². The monoisotopic (exact) mass is 449 g/mol. The summed E-state index contributed by atoms with van der Waals surface area (Å²) in [4.78, 5) is 52.8. The molecule has 0 bridgehead atoms. The fraction of sp³-hybridized carbons (Fsp3) is 0.286. The van der Waals surface area contributed by atoms with Gasteiger partial charge in [-0.1, -0.05) is 18.2 Å². The Kier molecular flexibility index (Phi) is 6.56. The summed E-state index contributed by atoms with van der Waals surface area (Å²) in [7, 11) is 0. The van der Waals surface area contributed by atoms with E-state index in [1.54, 1.807) is 12.1 Å². The van der Waals surface area contributed by atoms with Gasteiger partial charge in [0.15, 0.2) is 11.7 Å². The van der Waals surface area contributed by atoms with Crippen LogP contribution in [0.25, 0.3) is 11.1 Å². The quantitative estimate of drug-likeness (QED) is 0.651. The summed E-state index contributed by atoms with van der Waals surface area (Å²) >= 11 is 0. The number of nitrogens with zero attached hydrogens (tertiary/aromatic N) is 2. The predicted octanol–water partition coefficient (Wildman–Crippen LogP) is 1.89. The average Bonchev–Trinajstić information content (AvgIpc) is 2.74. The van der Waals surface area contributed by atoms with E-state index >= 15 is 0 Å². The fourth-order valence-corrected chi connectivity index (χ4v) is 3.24. The van der Waals surface area contributed by atoms with Gasteiger partial charge in [0.05, 0.1) is 17.8 Å². The van der Waals surface area contributed by atoms with Gasteiger partial charge in [-0.25, -0.2) is 0 Å². The van der Waals surface area contributed by atoms with Gasteiger partial charge >= 0.3 is 12.1 Å². The molecule has 1 aliphatic rings. The molecule has 2 N–H and O–H groups in total. The van der Waals surface area contributed by atoms with Crippen LogP contribution in [0.3, 0.4) is 0 Å². The molecule has 11 heteroatoms. The lowest BCUT2D eigenvalue weighted by molar-refractivity contribution is -0.152. The number of aliphatic carboxylic acids is 1. The van der Waals surface area contributed by atoms with E-state index in [9.17, 15) is 32.3 Å². The Morgan fingerprint density at radius 2 is 1.75 bits per heavy atom. The Morgan fingerprint density at radius 3 is 2.31 bits per heavy atom. The molecule has 2 amide bonds. The van der Waals surface area contributed by atoms with E-state index in [4.69, 9.17) is 5.11 Å². The van der Waals surface area contributed by atoms with E-state index in [2.05, 4.69) is 4.98 Å². The molecule has 0 radical (unpaired) electrons. The first kappa shape index (κ1) is 22.9. The van der Waals surface area contributed by atoms with Gasteiger partial charge in [0, 0.05) is 24.7 Å². The molecular weight excluding hydrogens is 431 g/mol. The number of carboxylic acid groups (broad SMARTS) is 1. The number of pyridine rings is 1. The van der Waals surface area contributed by atoms with Crippen LogP contribution in [-0.4, -0.2) is 51.6 Å². The number of carboxylic acids is 1. The second kappa shape index (κ2) is 9.16. The zero-order chi connectivity index (χ0) is 23.5. The molecule has 3 rings (SSSR count). The number of rotatable bonds is 6. The molecule has 1 aromatic carbocycles. The van der Waals surface area contributed by atoms with Gasteiger partial charge in [0.1, 0.15) is 6.54 Å². The summed E-state index contributed by atoms with van der Waals surface area (Å²) in [5, 5.41) is 10.7. The maximum absolute atomic E-state index is 12.7. The van der Waals surface area contributed by atoms with Gasteiger partial charge in [-0.15, -0.1) is 0 Å². The van der Waals surface area contributed by atoms with E-state index in [-0.39, 0.29) is 19.5 Å². The van der Waals surface area contributed by atoms with Crippen molar-refractivity contribution in [3.8, 4) is 11.1 Å². The number of hydrogen-bond donors (Lipinski definition) is 2. The average molecular weight is 449 g/mol. The molecule has 1 fully saturated rings. The van der Waals surface area contributed by atoms with Gasteiger partial charge in [-0.05, 0) is 23.8 Å². The Labute approximate surface area is 180 Å². The summed E-state index contributed by atoms with van der Waals surface area (Å²) < 4.78 is 38.1. The zero-order valence-electron chi connectivity index (χ0n) is 16.6. The number of Topliss-reactive ketones (excluding diaryl/α,β-unsaturated/α-hetero) is 1. The molecule has 32 heavy (non-hydrogen) atoms. The predicted molar refractivity (Wildman–Crippen MR) is 104 cm³/mol. The number of carbonyl (C=O) groups excluding carboxylic acids is 3. The van der Waals surface area contributed by atoms with Crippen LogP contribution < -0.4 is 5.32 Å². The molecule has 8 nitrogen and oxygen atoms in total. The van der Waals surface area contributed by atoms with Crippen LogP contribution in [0.2, 0.25) is 0 Å². The lowest BCUT2D eigenvalue weighted by atomic mass is 9.94. The van der Waals surface area contributed by atoms with Crippen molar-refractivity contribution >= 4 is 23.6 Å². The number of likely N-dealkylation sites (tertiary alicyclic amines) is 1. The minimum Gasteiger partial charge on any atom is -0.480 e. The van der Waals surface area contributed by atoms with Crippen LogP contribution >= 0.6 is 0 Å². The number of amides is 2. The second-order valence-corrected chi connectivity index (χ2v) is 7.13. The SMILES string of the molecule is O=C(O)CNC(=O)C1C(=O)CCN(Cc2ccc(-c3ccc(C(F)(F)F)cc3)cn2)C1=O. The summed E-state index contributed by atoms with van der Waals surface area (Å²) in [5.74, 6) is -5.19. The van der Waals surface area contributed by atoms with Crippen molar-refractivity contribution in [1.82, 2.24) is 15.2 Å². The highest BCUT2D eigenvalue weighted by Crippen LogP contribution is 2.31. The molecule has 0 saturated carbocycles. The maximum atomic E-state index is 12.7.